The Morgan fingerprint density at radius 2 is 2.00 bits per heavy atom. The van der Waals surface area contributed by atoms with E-state index in [9.17, 15) is 0 Å². The molecule has 0 spiro atoms. The van der Waals surface area contributed by atoms with E-state index in [-0.39, 0.29) is 0 Å². The molecule has 3 aromatic rings. The van der Waals surface area contributed by atoms with Crippen LogP contribution in [-0.2, 0) is 6.54 Å². The molecular formula is C15H13ClN4S. The molecule has 0 amide bonds. The first kappa shape index (κ1) is 14.0. The Kier molecular flexibility index (Phi) is 4.13. The summed E-state index contributed by atoms with van der Waals surface area (Å²) in [6, 6.07) is 11.5. The van der Waals surface area contributed by atoms with Gasteiger partial charge in [-0.3, -0.25) is 0 Å². The first-order valence-corrected chi connectivity index (χ1v) is 7.71. The van der Waals surface area contributed by atoms with E-state index in [2.05, 4.69) is 20.3 Å². The van der Waals surface area contributed by atoms with Crippen LogP contribution >= 0.6 is 22.9 Å². The lowest BCUT2D eigenvalue weighted by Crippen LogP contribution is -2.03. The van der Waals surface area contributed by atoms with Crippen molar-refractivity contribution in [2.75, 3.05) is 5.32 Å². The van der Waals surface area contributed by atoms with Crippen LogP contribution in [0.2, 0.25) is 5.15 Å². The summed E-state index contributed by atoms with van der Waals surface area (Å²) in [5, 5.41) is 3.70. The van der Waals surface area contributed by atoms with Gasteiger partial charge in [0.05, 0.1) is 17.7 Å². The smallest absolute Gasteiger partial charge is 0.163 e. The minimum Gasteiger partial charge on any atom is -0.365 e. The van der Waals surface area contributed by atoms with Crippen molar-refractivity contribution in [1.82, 2.24) is 15.0 Å². The number of halogens is 1. The second-order valence-electron chi connectivity index (χ2n) is 4.48. The van der Waals surface area contributed by atoms with Crippen LogP contribution < -0.4 is 5.32 Å². The van der Waals surface area contributed by atoms with Gasteiger partial charge in [0.2, 0.25) is 0 Å². The predicted octanol–water partition coefficient (Wildman–Crippen LogP) is 4.17. The number of nitrogens with zero attached hydrogens (tertiary/aromatic N) is 3. The van der Waals surface area contributed by atoms with E-state index in [0.29, 0.717) is 23.3 Å². The lowest BCUT2D eigenvalue weighted by Gasteiger charge is -2.07. The third-order valence-electron chi connectivity index (χ3n) is 3.00. The van der Waals surface area contributed by atoms with Gasteiger partial charge in [0.15, 0.2) is 5.82 Å². The molecule has 0 saturated heterocycles. The van der Waals surface area contributed by atoms with Crippen molar-refractivity contribution in [3.8, 4) is 11.4 Å². The second kappa shape index (κ2) is 6.20. The van der Waals surface area contributed by atoms with E-state index in [1.54, 1.807) is 17.4 Å². The zero-order valence-electron chi connectivity index (χ0n) is 11.4. The van der Waals surface area contributed by atoms with Gasteiger partial charge in [-0.15, -0.1) is 11.3 Å². The molecule has 0 fully saturated rings. The van der Waals surface area contributed by atoms with Crippen molar-refractivity contribution in [3.63, 3.8) is 0 Å². The van der Waals surface area contributed by atoms with Crippen LogP contribution in [0.5, 0.6) is 0 Å². The average Bonchev–Trinajstić information content (AvgIpc) is 2.91. The van der Waals surface area contributed by atoms with Gasteiger partial charge in [0.1, 0.15) is 11.0 Å². The van der Waals surface area contributed by atoms with Crippen molar-refractivity contribution in [3.05, 3.63) is 57.6 Å². The van der Waals surface area contributed by atoms with Gasteiger partial charge in [-0.25, -0.2) is 15.0 Å². The lowest BCUT2D eigenvalue weighted by atomic mass is 10.2. The highest BCUT2D eigenvalue weighted by Gasteiger charge is 2.07. The van der Waals surface area contributed by atoms with Gasteiger partial charge < -0.3 is 5.32 Å². The van der Waals surface area contributed by atoms with Crippen LogP contribution in [0.4, 0.5) is 5.82 Å². The zero-order chi connectivity index (χ0) is 14.7. The third kappa shape index (κ3) is 3.37. The normalized spacial score (nSPS) is 10.6. The standard InChI is InChI=1S/C15H13ClN4S/c1-10-12(21-9-18-10)8-17-14-7-13(16)19-15(20-14)11-5-3-2-4-6-11/h2-7,9H,8H2,1H3,(H,17,19,20). The topological polar surface area (TPSA) is 50.7 Å². The summed E-state index contributed by atoms with van der Waals surface area (Å²) in [6.07, 6.45) is 0. The first-order valence-electron chi connectivity index (χ1n) is 6.45. The monoisotopic (exact) mass is 316 g/mol. The third-order valence-corrected chi connectivity index (χ3v) is 4.13. The Hall–Kier alpha value is -1.98. The predicted molar refractivity (Wildman–Crippen MR) is 86.7 cm³/mol. The summed E-state index contributed by atoms with van der Waals surface area (Å²) in [5.41, 5.74) is 3.82. The first-order chi connectivity index (χ1) is 10.2. The minimum atomic E-state index is 0.423. The van der Waals surface area contributed by atoms with Crippen LogP contribution in [0.15, 0.2) is 41.9 Å². The van der Waals surface area contributed by atoms with E-state index >= 15 is 0 Å². The molecule has 0 aliphatic heterocycles. The molecule has 1 aromatic carbocycles. The Labute approximate surface area is 131 Å². The largest absolute Gasteiger partial charge is 0.365 e. The zero-order valence-corrected chi connectivity index (χ0v) is 12.9. The second-order valence-corrected chi connectivity index (χ2v) is 5.81. The number of aromatic nitrogens is 3. The van der Waals surface area contributed by atoms with Crippen LogP contribution in [0.25, 0.3) is 11.4 Å². The van der Waals surface area contributed by atoms with Gasteiger partial charge in [-0.2, -0.15) is 0 Å². The van der Waals surface area contributed by atoms with E-state index in [1.165, 1.54) is 4.88 Å². The number of hydrogen-bond acceptors (Lipinski definition) is 5. The van der Waals surface area contributed by atoms with E-state index < -0.39 is 0 Å². The Balaban J connectivity index is 1.83. The fourth-order valence-corrected chi connectivity index (χ4v) is 2.79. The highest BCUT2D eigenvalue weighted by Crippen LogP contribution is 2.21. The molecule has 1 N–H and O–H groups in total. The number of hydrogen-bond donors (Lipinski definition) is 1. The van der Waals surface area contributed by atoms with Crippen molar-refractivity contribution in [2.24, 2.45) is 0 Å². The highest BCUT2D eigenvalue weighted by molar-refractivity contribution is 7.09. The molecule has 4 nitrogen and oxygen atoms in total. The van der Waals surface area contributed by atoms with E-state index in [4.69, 9.17) is 11.6 Å². The molecule has 0 aliphatic carbocycles. The summed E-state index contributed by atoms with van der Waals surface area (Å²) in [4.78, 5) is 14.2. The highest BCUT2D eigenvalue weighted by atomic mass is 35.5. The van der Waals surface area contributed by atoms with E-state index in [1.807, 2.05) is 42.8 Å². The van der Waals surface area contributed by atoms with Gasteiger partial charge in [0, 0.05) is 16.5 Å². The Bertz CT molecular complexity index is 742. The Morgan fingerprint density at radius 3 is 2.71 bits per heavy atom. The van der Waals surface area contributed by atoms with Crippen molar-refractivity contribution < 1.29 is 0 Å². The molecule has 0 unspecified atom stereocenters. The molecule has 0 atom stereocenters. The maximum atomic E-state index is 6.09. The molecule has 0 radical (unpaired) electrons. The van der Waals surface area contributed by atoms with Crippen LogP contribution in [0.1, 0.15) is 10.6 Å². The van der Waals surface area contributed by atoms with Crippen LogP contribution in [0.3, 0.4) is 0 Å². The van der Waals surface area contributed by atoms with E-state index in [0.717, 1.165) is 11.3 Å². The fraction of sp³-hybridized carbons (Fsp3) is 0.133. The molecule has 0 bridgehead atoms. The quantitative estimate of drug-likeness (QED) is 0.734. The van der Waals surface area contributed by atoms with Crippen molar-refractivity contribution >= 4 is 28.8 Å². The molecule has 21 heavy (non-hydrogen) atoms. The van der Waals surface area contributed by atoms with Gasteiger partial charge in [0.25, 0.3) is 0 Å². The molecule has 0 saturated carbocycles. The SMILES string of the molecule is Cc1ncsc1CNc1cc(Cl)nc(-c2ccccc2)n1. The molecule has 2 aromatic heterocycles. The fourth-order valence-electron chi connectivity index (χ4n) is 1.89. The number of benzene rings is 1. The number of thiazole rings is 1. The summed E-state index contributed by atoms with van der Waals surface area (Å²) in [6.45, 7) is 2.67. The number of aryl methyl sites for hydroxylation is 1. The van der Waals surface area contributed by atoms with Crippen LogP contribution in [0, 0.1) is 6.92 Å². The summed E-state index contributed by atoms with van der Waals surface area (Å²) in [5.74, 6) is 1.33. The summed E-state index contributed by atoms with van der Waals surface area (Å²) >= 11 is 7.71. The minimum absolute atomic E-state index is 0.423. The molecule has 3 rings (SSSR count). The van der Waals surface area contributed by atoms with Crippen molar-refractivity contribution in [2.45, 2.75) is 13.5 Å². The van der Waals surface area contributed by atoms with Crippen molar-refractivity contribution in [1.29, 1.82) is 0 Å². The molecular weight excluding hydrogens is 304 g/mol. The van der Waals surface area contributed by atoms with Gasteiger partial charge >= 0.3 is 0 Å². The molecule has 6 heteroatoms. The van der Waals surface area contributed by atoms with Gasteiger partial charge in [-0.1, -0.05) is 41.9 Å². The number of rotatable bonds is 4. The maximum absolute atomic E-state index is 6.09. The maximum Gasteiger partial charge on any atom is 0.163 e. The Morgan fingerprint density at radius 1 is 1.19 bits per heavy atom. The molecule has 0 aliphatic rings. The number of anilines is 1. The lowest BCUT2D eigenvalue weighted by molar-refractivity contribution is 1.08. The average molecular weight is 317 g/mol. The summed E-state index contributed by atoms with van der Waals surface area (Å²) in [7, 11) is 0. The molecule has 106 valence electrons. The summed E-state index contributed by atoms with van der Waals surface area (Å²) < 4.78 is 0. The van der Waals surface area contributed by atoms with Gasteiger partial charge in [-0.05, 0) is 6.92 Å². The molecule has 2 heterocycles. The number of nitrogens with one attached hydrogen (secondary N) is 1. The van der Waals surface area contributed by atoms with Crippen LogP contribution in [-0.4, -0.2) is 15.0 Å².